The smallest absolute Gasteiger partial charge is 0.125 e. The van der Waals surface area contributed by atoms with Gasteiger partial charge in [-0.3, -0.25) is 0 Å². The predicted octanol–water partition coefficient (Wildman–Crippen LogP) is 4.11. The Kier molecular flexibility index (Phi) is 1.73. The highest BCUT2D eigenvalue weighted by Crippen LogP contribution is 2.30. The van der Waals surface area contributed by atoms with Gasteiger partial charge >= 0.3 is 0 Å². The zero-order valence-electron chi connectivity index (χ0n) is 7.72. The molecule has 0 aliphatic carbocycles. The first kappa shape index (κ1) is 8.74. The number of rotatable bonds is 0. The van der Waals surface area contributed by atoms with Gasteiger partial charge in [0.25, 0.3) is 0 Å². The Hall–Kier alpha value is -1.54. The van der Waals surface area contributed by atoms with Crippen LogP contribution in [0.2, 0.25) is 5.02 Å². The normalized spacial score (nSPS) is 11.3. The molecule has 1 N–H and O–H groups in total. The average Bonchev–Trinajstić information content (AvgIpc) is 2.57. The Bertz CT molecular complexity index is 657. The summed E-state index contributed by atoms with van der Waals surface area (Å²) in [5.41, 5.74) is 1.76. The van der Waals surface area contributed by atoms with Crippen molar-refractivity contribution >= 4 is 33.4 Å². The van der Waals surface area contributed by atoms with Crippen LogP contribution in [-0.4, -0.2) is 4.98 Å². The summed E-state index contributed by atoms with van der Waals surface area (Å²) in [6.45, 7) is 0. The SMILES string of the molecule is Fc1cc(Cl)c2[nH]c3ccccc3c2c1. The Balaban J connectivity index is 2.61. The molecule has 0 radical (unpaired) electrons. The second-order valence-electron chi connectivity index (χ2n) is 3.48. The van der Waals surface area contributed by atoms with Crippen LogP contribution < -0.4 is 0 Å². The molecule has 0 saturated carbocycles. The van der Waals surface area contributed by atoms with E-state index in [2.05, 4.69) is 4.98 Å². The highest BCUT2D eigenvalue weighted by molar-refractivity contribution is 6.36. The molecule has 0 saturated heterocycles. The fraction of sp³-hybridized carbons (Fsp3) is 0. The van der Waals surface area contributed by atoms with E-state index in [1.54, 1.807) is 0 Å². The van der Waals surface area contributed by atoms with Crippen LogP contribution in [0.1, 0.15) is 0 Å². The molecular weight excluding hydrogens is 213 g/mol. The van der Waals surface area contributed by atoms with Gasteiger partial charge in [-0.15, -0.1) is 0 Å². The summed E-state index contributed by atoms with van der Waals surface area (Å²) in [6.07, 6.45) is 0. The molecular formula is C12H7ClFN. The van der Waals surface area contributed by atoms with Crippen molar-refractivity contribution in [3.05, 3.63) is 47.2 Å². The van der Waals surface area contributed by atoms with Gasteiger partial charge in [0.05, 0.1) is 10.5 Å². The van der Waals surface area contributed by atoms with E-state index in [-0.39, 0.29) is 5.82 Å². The molecule has 1 heterocycles. The summed E-state index contributed by atoms with van der Waals surface area (Å²) in [4.78, 5) is 3.17. The summed E-state index contributed by atoms with van der Waals surface area (Å²) in [5.74, 6) is -0.308. The summed E-state index contributed by atoms with van der Waals surface area (Å²) < 4.78 is 13.2. The monoisotopic (exact) mass is 219 g/mol. The van der Waals surface area contributed by atoms with Gasteiger partial charge in [0.2, 0.25) is 0 Å². The number of benzene rings is 2. The summed E-state index contributed by atoms with van der Waals surface area (Å²) in [6, 6.07) is 10.6. The number of halogens is 2. The van der Waals surface area contributed by atoms with E-state index in [9.17, 15) is 4.39 Å². The largest absolute Gasteiger partial charge is 0.353 e. The highest BCUT2D eigenvalue weighted by Gasteiger charge is 2.08. The highest BCUT2D eigenvalue weighted by atomic mass is 35.5. The molecule has 0 atom stereocenters. The van der Waals surface area contributed by atoms with Crippen molar-refractivity contribution in [2.75, 3.05) is 0 Å². The molecule has 0 aliphatic heterocycles. The lowest BCUT2D eigenvalue weighted by Gasteiger charge is -1.94. The molecule has 0 spiro atoms. The number of aromatic nitrogens is 1. The molecule has 0 unspecified atom stereocenters. The second kappa shape index (κ2) is 2.97. The van der Waals surface area contributed by atoms with Crippen LogP contribution in [0.4, 0.5) is 4.39 Å². The van der Waals surface area contributed by atoms with Crippen LogP contribution in [0.15, 0.2) is 36.4 Å². The van der Waals surface area contributed by atoms with Gasteiger partial charge in [0.1, 0.15) is 5.82 Å². The van der Waals surface area contributed by atoms with E-state index in [1.807, 2.05) is 24.3 Å². The Labute approximate surface area is 90.5 Å². The predicted molar refractivity (Wildman–Crippen MR) is 60.8 cm³/mol. The van der Waals surface area contributed by atoms with Crippen LogP contribution >= 0.6 is 11.6 Å². The molecule has 2 aromatic carbocycles. The van der Waals surface area contributed by atoms with Crippen molar-refractivity contribution < 1.29 is 4.39 Å². The lowest BCUT2D eigenvalue weighted by molar-refractivity contribution is 0.630. The van der Waals surface area contributed by atoms with Crippen molar-refractivity contribution in [1.29, 1.82) is 0 Å². The van der Waals surface area contributed by atoms with Gasteiger partial charge in [-0.25, -0.2) is 4.39 Å². The molecule has 3 rings (SSSR count). The first-order chi connectivity index (χ1) is 7.25. The molecule has 15 heavy (non-hydrogen) atoms. The van der Waals surface area contributed by atoms with Gasteiger partial charge in [0, 0.05) is 16.3 Å². The van der Waals surface area contributed by atoms with E-state index in [0.717, 1.165) is 21.8 Å². The van der Waals surface area contributed by atoms with E-state index in [4.69, 9.17) is 11.6 Å². The van der Waals surface area contributed by atoms with Crippen molar-refractivity contribution in [3.63, 3.8) is 0 Å². The Morgan fingerprint density at radius 3 is 2.73 bits per heavy atom. The van der Waals surface area contributed by atoms with E-state index in [0.29, 0.717) is 5.02 Å². The third-order valence-corrected chi connectivity index (χ3v) is 2.83. The van der Waals surface area contributed by atoms with Crippen molar-refractivity contribution in [1.82, 2.24) is 4.98 Å². The standard InChI is InChI=1S/C12H7ClFN/c13-10-6-7(14)5-9-8-3-1-2-4-11(8)15-12(9)10/h1-6,15H. The number of hydrogen-bond acceptors (Lipinski definition) is 0. The van der Waals surface area contributed by atoms with Crippen LogP contribution in [0, 0.1) is 5.82 Å². The third kappa shape index (κ3) is 1.22. The summed E-state index contributed by atoms with van der Waals surface area (Å²) >= 11 is 5.96. The molecule has 3 aromatic rings. The van der Waals surface area contributed by atoms with E-state index < -0.39 is 0 Å². The van der Waals surface area contributed by atoms with Crippen LogP contribution in [-0.2, 0) is 0 Å². The molecule has 0 fully saturated rings. The fourth-order valence-electron chi connectivity index (χ4n) is 1.87. The first-order valence-corrected chi connectivity index (χ1v) is 4.99. The zero-order chi connectivity index (χ0) is 10.4. The number of fused-ring (bicyclic) bond motifs is 3. The minimum absolute atomic E-state index is 0.308. The maximum atomic E-state index is 13.2. The minimum atomic E-state index is -0.308. The van der Waals surface area contributed by atoms with Crippen LogP contribution in [0.3, 0.4) is 0 Å². The minimum Gasteiger partial charge on any atom is -0.353 e. The molecule has 0 bridgehead atoms. The third-order valence-electron chi connectivity index (χ3n) is 2.53. The Morgan fingerprint density at radius 2 is 1.87 bits per heavy atom. The van der Waals surface area contributed by atoms with Crippen LogP contribution in [0.5, 0.6) is 0 Å². The first-order valence-electron chi connectivity index (χ1n) is 4.61. The van der Waals surface area contributed by atoms with Gasteiger partial charge in [-0.05, 0) is 18.2 Å². The van der Waals surface area contributed by atoms with Gasteiger partial charge in [-0.1, -0.05) is 29.8 Å². The molecule has 0 aliphatic rings. The summed E-state index contributed by atoms with van der Waals surface area (Å²) in [5, 5.41) is 2.24. The van der Waals surface area contributed by atoms with Crippen molar-refractivity contribution in [3.8, 4) is 0 Å². The van der Waals surface area contributed by atoms with Crippen molar-refractivity contribution in [2.45, 2.75) is 0 Å². The maximum Gasteiger partial charge on any atom is 0.125 e. The maximum absolute atomic E-state index is 13.2. The topological polar surface area (TPSA) is 15.8 Å². The second-order valence-corrected chi connectivity index (χ2v) is 3.89. The number of para-hydroxylation sites is 1. The van der Waals surface area contributed by atoms with E-state index >= 15 is 0 Å². The molecule has 74 valence electrons. The molecule has 0 amide bonds. The quantitative estimate of drug-likeness (QED) is 0.586. The zero-order valence-corrected chi connectivity index (χ0v) is 8.48. The molecule has 1 nitrogen and oxygen atoms in total. The lowest BCUT2D eigenvalue weighted by Crippen LogP contribution is -1.75. The molecule has 1 aromatic heterocycles. The number of aromatic amines is 1. The number of H-pyrrole nitrogens is 1. The average molecular weight is 220 g/mol. The number of nitrogens with one attached hydrogen (secondary N) is 1. The Morgan fingerprint density at radius 1 is 1.07 bits per heavy atom. The lowest BCUT2D eigenvalue weighted by atomic mass is 10.1. The van der Waals surface area contributed by atoms with Gasteiger partial charge in [0.15, 0.2) is 0 Å². The van der Waals surface area contributed by atoms with Gasteiger partial charge < -0.3 is 4.98 Å². The fourth-order valence-corrected chi connectivity index (χ4v) is 2.13. The molecule has 3 heteroatoms. The number of hydrogen-bond donors (Lipinski definition) is 1. The van der Waals surface area contributed by atoms with Crippen LogP contribution in [0.25, 0.3) is 21.8 Å². The van der Waals surface area contributed by atoms with Gasteiger partial charge in [-0.2, -0.15) is 0 Å². The van der Waals surface area contributed by atoms with Crippen molar-refractivity contribution in [2.24, 2.45) is 0 Å². The van der Waals surface area contributed by atoms with E-state index in [1.165, 1.54) is 12.1 Å². The summed E-state index contributed by atoms with van der Waals surface area (Å²) in [7, 11) is 0.